The highest BCUT2D eigenvalue weighted by Crippen LogP contribution is 2.20. The van der Waals surface area contributed by atoms with Crippen molar-refractivity contribution in [3.63, 3.8) is 0 Å². The second-order valence-corrected chi connectivity index (χ2v) is 4.42. The number of benzene rings is 1. The highest BCUT2D eigenvalue weighted by Gasteiger charge is 2.34. The van der Waals surface area contributed by atoms with E-state index in [0.29, 0.717) is 5.56 Å². The summed E-state index contributed by atoms with van der Waals surface area (Å²) in [6.45, 7) is 2.15. The van der Waals surface area contributed by atoms with Crippen molar-refractivity contribution >= 4 is 5.91 Å². The Hall–Kier alpha value is -2.14. The molecule has 2 aromatic rings. The predicted molar refractivity (Wildman–Crippen MR) is 68.5 cm³/mol. The summed E-state index contributed by atoms with van der Waals surface area (Å²) in [6, 6.07) is 9.10. The van der Waals surface area contributed by atoms with Gasteiger partial charge >= 0.3 is 0 Å². The number of hydrogen-bond acceptors (Lipinski definition) is 3. The first-order chi connectivity index (χ1) is 8.52. The SMILES string of the molecule is Cc1cnn(CC(N)(C(N)=O)c2ccccc2)c1. The van der Waals surface area contributed by atoms with Crippen LogP contribution in [0.3, 0.4) is 0 Å². The van der Waals surface area contributed by atoms with Crippen LogP contribution < -0.4 is 11.5 Å². The molecule has 1 aromatic heterocycles. The average molecular weight is 244 g/mol. The number of aryl methyl sites for hydroxylation is 1. The van der Waals surface area contributed by atoms with Crippen LogP contribution in [0.2, 0.25) is 0 Å². The molecule has 0 spiro atoms. The van der Waals surface area contributed by atoms with Gasteiger partial charge in [-0.05, 0) is 18.1 Å². The van der Waals surface area contributed by atoms with E-state index in [4.69, 9.17) is 11.5 Å². The lowest BCUT2D eigenvalue weighted by atomic mass is 9.90. The number of primary amides is 1. The molecule has 4 N–H and O–H groups in total. The van der Waals surface area contributed by atoms with E-state index in [1.807, 2.05) is 31.3 Å². The number of carbonyl (C=O) groups excluding carboxylic acids is 1. The van der Waals surface area contributed by atoms with Crippen LogP contribution in [0.25, 0.3) is 0 Å². The molecule has 1 amide bonds. The van der Waals surface area contributed by atoms with Gasteiger partial charge in [-0.15, -0.1) is 0 Å². The molecule has 0 radical (unpaired) electrons. The van der Waals surface area contributed by atoms with Crippen molar-refractivity contribution in [1.29, 1.82) is 0 Å². The van der Waals surface area contributed by atoms with Gasteiger partial charge in [-0.25, -0.2) is 0 Å². The van der Waals surface area contributed by atoms with Crippen molar-refractivity contribution in [3.05, 3.63) is 53.9 Å². The van der Waals surface area contributed by atoms with Gasteiger partial charge in [0.25, 0.3) is 0 Å². The van der Waals surface area contributed by atoms with E-state index in [1.54, 1.807) is 23.0 Å². The van der Waals surface area contributed by atoms with Gasteiger partial charge in [-0.2, -0.15) is 5.10 Å². The normalized spacial score (nSPS) is 14.1. The summed E-state index contributed by atoms with van der Waals surface area (Å²) in [5, 5.41) is 4.14. The molecule has 1 heterocycles. The maximum atomic E-state index is 11.7. The number of nitrogens with two attached hydrogens (primary N) is 2. The van der Waals surface area contributed by atoms with Gasteiger partial charge in [0.2, 0.25) is 5.91 Å². The molecule has 0 fully saturated rings. The van der Waals surface area contributed by atoms with Crippen LogP contribution >= 0.6 is 0 Å². The monoisotopic (exact) mass is 244 g/mol. The number of rotatable bonds is 4. The van der Waals surface area contributed by atoms with Gasteiger partial charge in [0.15, 0.2) is 0 Å². The zero-order valence-electron chi connectivity index (χ0n) is 10.2. The Kier molecular flexibility index (Phi) is 3.16. The summed E-state index contributed by atoms with van der Waals surface area (Å²) in [5.41, 5.74) is 12.1. The second kappa shape index (κ2) is 4.62. The Morgan fingerprint density at radius 3 is 2.56 bits per heavy atom. The summed E-state index contributed by atoms with van der Waals surface area (Å²) in [7, 11) is 0. The maximum Gasteiger partial charge on any atom is 0.244 e. The number of nitrogens with zero attached hydrogens (tertiary/aromatic N) is 2. The molecule has 1 aromatic carbocycles. The fourth-order valence-electron chi connectivity index (χ4n) is 1.86. The van der Waals surface area contributed by atoms with Crippen LogP contribution in [0.4, 0.5) is 0 Å². The van der Waals surface area contributed by atoms with Crippen LogP contribution in [-0.2, 0) is 16.9 Å². The van der Waals surface area contributed by atoms with Crippen LogP contribution in [0, 0.1) is 6.92 Å². The first kappa shape index (κ1) is 12.3. The zero-order chi connectivity index (χ0) is 13.2. The third-order valence-electron chi connectivity index (χ3n) is 2.90. The fraction of sp³-hybridized carbons (Fsp3) is 0.231. The maximum absolute atomic E-state index is 11.7. The highest BCUT2D eigenvalue weighted by molar-refractivity contribution is 5.85. The molecule has 0 saturated heterocycles. The molecule has 0 aliphatic rings. The lowest BCUT2D eigenvalue weighted by Gasteiger charge is -2.26. The molecular formula is C13H16N4O. The summed E-state index contributed by atoms with van der Waals surface area (Å²) in [4.78, 5) is 11.7. The van der Waals surface area contributed by atoms with E-state index in [1.165, 1.54) is 0 Å². The smallest absolute Gasteiger partial charge is 0.244 e. The molecule has 1 atom stereocenters. The largest absolute Gasteiger partial charge is 0.368 e. The van der Waals surface area contributed by atoms with Gasteiger partial charge in [-0.3, -0.25) is 9.48 Å². The van der Waals surface area contributed by atoms with Crippen molar-refractivity contribution in [2.24, 2.45) is 11.5 Å². The van der Waals surface area contributed by atoms with Crippen molar-refractivity contribution in [2.45, 2.75) is 19.0 Å². The lowest BCUT2D eigenvalue weighted by Crippen LogP contribution is -2.52. The Bertz CT molecular complexity index is 549. The molecule has 5 nitrogen and oxygen atoms in total. The molecule has 94 valence electrons. The summed E-state index contributed by atoms with van der Waals surface area (Å²) in [5.74, 6) is -0.568. The molecule has 18 heavy (non-hydrogen) atoms. The van der Waals surface area contributed by atoms with E-state index >= 15 is 0 Å². The quantitative estimate of drug-likeness (QED) is 0.822. The molecule has 0 aliphatic carbocycles. The Morgan fingerprint density at radius 2 is 2.06 bits per heavy atom. The number of amides is 1. The third-order valence-corrected chi connectivity index (χ3v) is 2.90. The third kappa shape index (κ3) is 2.26. The van der Waals surface area contributed by atoms with Crippen molar-refractivity contribution in [2.75, 3.05) is 0 Å². The Morgan fingerprint density at radius 1 is 1.39 bits per heavy atom. The minimum Gasteiger partial charge on any atom is -0.368 e. The highest BCUT2D eigenvalue weighted by atomic mass is 16.1. The minimum absolute atomic E-state index is 0.222. The van der Waals surface area contributed by atoms with E-state index < -0.39 is 11.4 Å². The summed E-state index contributed by atoms with van der Waals surface area (Å²) in [6.07, 6.45) is 3.54. The van der Waals surface area contributed by atoms with Gasteiger partial charge in [0.05, 0.1) is 12.7 Å². The van der Waals surface area contributed by atoms with Crippen LogP contribution in [0.1, 0.15) is 11.1 Å². The molecule has 0 bridgehead atoms. The second-order valence-electron chi connectivity index (χ2n) is 4.42. The van der Waals surface area contributed by atoms with Crippen molar-refractivity contribution in [1.82, 2.24) is 9.78 Å². The lowest BCUT2D eigenvalue weighted by molar-refractivity contribution is -0.124. The van der Waals surface area contributed by atoms with Gasteiger partial charge in [0, 0.05) is 6.20 Å². The van der Waals surface area contributed by atoms with Crippen LogP contribution in [0.15, 0.2) is 42.7 Å². The van der Waals surface area contributed by atoms with Crippen molar-refractivity contribution < 1.29 is 4.79 Å². The first-order valence-corrected chi connectivity index (χ1v) is 5.66. The van der Waals surface area contributed by atoms with Gasteiger partial charge < -0.3 is 11.5 Å². The van der Waals surface area contributed by atoms with E-state index in [2.05, 4.69) is 5.10 Å². The first-order valence-electron chi connectivity index (χ1n) is 5.66. The zero-order valence-corrected chi connectivity index (χ0v) is 10.2. The Labute approximate surface area is 105 Å². The van der Waals surface area contributed by atoms with Crippen molar-refractivity contribution in [3.8, 4) is 0 Å². The molecule has 2 rings (SSSR count). The number of carbonyl (C=O) groups is 1. The number of aromatic nitrogens is 2. The molecule has 5 heteroatoms. The number of hydrogen-bond donors (Lipinski definition) is 2. The van der Waals surface area contributed by atoms with Crippen LogP contribution in [0.5, 0.6) is 0 Å². The fourth-order valence-corrected chi connectivity index (χ4v) is 1.86. The van der Waals surface area contributed by atoms with Gasteiger partial charge in [-0.1, -0.05) is 30.3 Å². The standard InChI is InChI=1S/C13H16N4O/c1-10-7-16-17(8-10)9-13(15,12(14)18)11-5-3-2-4-6-11/h2-8H,9,15H2,1H3,(H2,14,18). The van der Waals surface area contributed by atoms with E-state index in [9.17, 15) is 4.79 Å². The minimum atomic E-state index is -1.25. The Balaban J connectivity index is 2.36. The van der Waals surface area contributed by atoms with E-state index in [0.717, 1.165) is 5.56 Å². The van der Waals surface area contributed by atoms with Crippen LogP contribution in [-0.4, -0.2) is 15.7 Å². The molecular weight excluding hydrogens is 228 g/mol. The summed E-state index contributed by atoms with van der Waals surface area (Å²) >= 11 is 0. The molecule has 0 aliphatic heterocycles. The van der Waals surface area contributed by atoms with Gasteiger partial charge in [0.1, 0.15) is 5.54 Å². The van der Waals surface area contributed by atoms with E-state index in [-0.39, 0.29) is 6.54 Å². The predicted octanol–water partition coefficient (Wildman–Crippen LogP) is 0.531. The topological polar surface area (TPSA) is 86.9 Å². The summed E-state index contributed by atoms with van der Waals surface area (Å²) < 4.78 is 1.63. The molecule has 0 saturated carbocycles. The molecule has 1 unspecified atom stereocenters. The average Bonchev–Trinajstić information content (AvgIpc) is 2.75.